The van der Waals surface area contributed by atoms with E-state index >= 15 is 0 Å². The van der Waals surface area contributed by atoms with Gasteiger partial charge in [0.15, 0.2) is 0 Å². The van der Waals surface area contributed by atoms with E-state index in [9.17, 15) is 14.0 Å². The molecule has 2 aliphatic heterocycles. The van der Waals surface area contributed by atoms with Gasteiger partial charge in [-0.05, 0) is 77.7 Å². The summed E-state index contributed by atoms with van der Waals surface area (Å²) in [6.45, 7) is 2.37. The zero-order valence-corrected chi connectivity index (χ0v) is 27.3. The number of likely N-dealkylation sites (N-methyl/N-ethyl adjacent to an activating group) is 1. The van der Waals surface area contributed by atoms with E-state index in [0.29, 0.717) is 66.7 Å². The summed E-state index contributed by atoms with van der Waals surface area (Å²) in [4.78, 5) is 36.2. The van der Waals surface area contributed by atoms with Crippen LogP contribution in [-0.2, 0) is 21.7 Å². The fraction of sp³-hybridized carbons (Fsp3) is 0.306. The quantitative estimate of drug-likeness (QED) is 0.192. The Morgan fingerprint density at radius 3 is 2.37 bits per heavy atom. The molecule has 3 aromatic carbocycles. The van der Waals surface area contributed by atoms with Crippen LogP contribution in [0.2, 0.25) is 10.0 Å². The zero-order chi connectivity index (χ0) is 32.4. The molecule has 0 aliphatic carbocycles. The Morgan fingerprint density at radius 1 is 0.978 bits per heavy atom. The molecule has 1 spiro atoms. The molecule has 0 saturated carbocycles. The SMILES string of the molecule is CN(Cc1ccc(-c2ccncc2)cc1)C(=O)C(CCN1CCC2(CC1)OC(=O)N(C)c1ccc(F)cc12)c1ccc(Cl)c(Cl)c1. The maximum Gasteiger partial charge on any atom is 0.414 e. The van der Waals surface area contributed by atoms with Gasteiger partial charge in [0.05, 0.1) is 21.7 Å². The Hall–Kier alpha value is -3.98. The van der Waals surface area contributed by atoms with Gasteiger partial charge in [-0.2, -0.15) is 0 Å². The zero-order valence-electron chi connectivity index (χ0n) is 25.8. The number of nitrogens with zero attached hydrogens (tertiary/aromatic N) is 4. The summed E-state index contributed by atoms with van der Waals surface area (Å²) < 4.78 is 20.2. The van der Waals surface area contributed by atoms with Crippen LogP contribution >= 0.6 is 23.2 Å². The van der Waals surface area contributed by atoms with Crippen molar-refractivity contribution in [1.82, 2.24) is 14.8 Å². The second-order valence-corrected chi connectivity index (χ2v) is 12.9. The number of hydrogen-bond acceptors (Lipinski definition) is 5. The molecule has 238 valence electrons. The molecule has 2 amide bonds. The summed E-state index contributed by atoms with van der Waals surface area (Å²) in [6.07, 6.45) is 4.72. The van der Waals surface area contributed by atoms with E-state index in [-0.39, 0.29) is 11.7 Å². The van der Waals surface area contributed by atoms with Crippen molar-refractivity contribution < 1.29 is 18.7 Å². The number of likely N-dealkylation sites (tertiary alicyclic amines) is 1. The molecule has 2 aliphatic rings. The summed E-state index contributed by atoms with van der Waals surface area (Å²) in [5, 5.41) is 0.839. The molecule has 4 aromatic rings. The van der Waals surface area contributed by atoms with E-state index in [0.717, 1.165) is 22.3 Å². The largest absolute Gasteiger partial charge is 0.437 e. The summed E-state index contributed by atoms with van der Waals surface area (Å²) in [5.74, 6) is -0.815. The van der Waals surface area contributed by atoms with Crippen LogP contribution in [0.25, 0.3) is 11.1 Å². The Kier molecular flexibility index (Phi) is 9.32. The van der Waals surface area contributed by atoms with Gasteiger partial charge in [-0.15, -0.1) is 0 Å². The van der Waals surface area contributed by atoms with Gasteiger partial charge < -0.3 is 14.5 Å². The Morgan fingerprint density at radius 2 is 1.67 bits per heavy atom. The number of amides is 2. The van der Waals surface area contributed by atoms with Gasteiger partial charge in [-0.1, -0.05) is 53.5 Å². The first-order chi connectivity index (χ1) is 22.1. The first-order valence-corrected chi connectivity index (χ1v) is 16.1. The topological polar surface area (TPSA) is 66.0 Å². The molecule has 3 heterocycles. The summed E-state index contributed by atoms with van der Waals surface area (Å²) in [7, 11) is 3.45. The van der Waals surface area contributed by atoms with Crippen molar-refractivity contribution in [1.29, 1.82) is 0 Å². The predicted octanol–water partition coefficient (Wildman–Crippen LogP) is 7.90. The third kappa shape index (κ3) is 6.61. The van der Waals surface area contributed by atoms with Crippen molar-refractivity contribution >= 4 is 40.9 Å². The molecule has 0 bridgehead atoms. The second kappa shape index (κ2) is 13.4. The van der Waals surface area contributed by atoms with Gasteiger partial charge in [-0.25, -0.2) is 9.18 Å². The van der Waals surface area contributed by atoms with Crippen LogP contribution in [0.5, 0.6) is 0 Å². The molecule has 10 heteroatoms. The minimum absolute atomic E-state index is 0.0151. The highest BCUT2D eigenvalue weighted by Crippen LogP contribution is 2.45. The molecule has 1 fully saturated rings. The summed E-state index contributed by atoms with van der Waals surface area (Å²) >= 11 is 12.6. The highest BCUT2D eigenvalue weighted by atomic mass is 35.5. The number of ether oxygens (including phenoxy) is 1. The number of benzene rings is 3. The van der Waals surface area contributed by atoms with E-state index in [1.165, 1.54) is 17.0 Å². The average Bonchev–Trinajstić information content (AvgIpc) is 3.07. The normalized spacial score (nSPS) is 16.5. The van der Waals surface area contributed by atoms with Crippen LogP contribution < -0.4 is 4.90 Å². The Labute approximate surface area is 278 Å². The molecule has 0 N–H and O–H groups in total. The maximum atomic E-state index is 14.3. The van der Waals surface area contributed by atoms with Crippen LogP contribution in [-0.4, -0.2) is 60.5 Å². The lowest BCUT2D eigenvalue weighted by atomic mass is 9.81. The van der Waals surface area contributed by atoms with Crippen molar-refractivity contribution in [2.24, 2.45) is 0 Å². The van der Waals surface area contributed by atoms with Crippen LogP contribution in [0.4, 0.5) is 14.9 Å². The fourth-order valence-electron chi connectivity index (χ4n) is 6.50. The number of fused-ring (bicyclic) bond motifs is 2. The fourth-order valence-corrected chi connectivity index (χ4v) is 6.81. The second-order valence-electron chi connectivity index (χ2n) is 12.1. The van der Waals surface area contributed by atoms with Gasteiger partial charge in [0.1, 0.15) is 11.4 Å². The van der Waals surface area contributed by atoms with E-state index in [4.69, 9.17) is 27.9 Å². The number of hydrogen-bond donors (Lipinski definition) is 0. The van der Waals surface area contributed by atoms with Gasteiger partial charge in [0.2, 0.25) is 5.91 Å². The lowest BCUT2D eigenvalue weighted by Gasteiger charge is -2.46. The number of pyridine rings is 1. The van der Waals surface area contributed by atoms with Gasteiger partial charge in [0, 0.05) is 64.5 Å². The average molecular weight is 662 g/mol. The van der Waals surface area contributed by atoms with E-state index in [1.807, 2.05) is 37.4 Å². The molecule has 0 radical (unpaired) electrons. The summed E-state index contributed by atoms with van der Waals surface area (Å²) in [6, 6.07) is 22.0. The molecule has 46 heavy (non-hydrogen) atoms. The molecule has 1 saturated heterocycles. The molecule has 1 unspecified atom stereocenters. The lowest BCUT2D eigenvalue weighted by molar-refractivity contribution is -0.132. The van der Waals surface area contributed by atoms with Gasteiger partial charge >= 0.3 is 6.09 Å². The minimum Gasteiger partial charge on any atom is -0.437 e. The molecule has 7 nitrogen and oxygen atoms in total. The molecule has 1 atom stereocenters. The van der Waals surface area contributed by atoms with Crippen LogP contribution in [0.1, 0.15) is 41.9 Å². The lowest BCUT2D eigenvalue weighted by Crippen LogP contribution is -2.51. The van der Waals surface area contributed by atoms with Crippen molar-refractivity contribution in [3.05, 3.63) is 118 Å². The van der Waals surface area contributed by atoms with Crippen molar-refractivity contribution in [3.63, 3.8) is 0 Å². The number of halogens is 3. The van der Waals surface area contributed by atoms with Gasteiger partial charge in [0.25, 0.3) is 0 Å². The number of carbonyl (C=O) groups is 2. The molecular weight excluding hydrogens is 626 g/mol. The third-order valence-electron chi connectivity index (χ3n) is 9.17. The Bertz CT molecular complexity index is 1730. The smallest absolute Gasteiger partial charge is 0.414 e. The predicted molar refractivity (Wildman–Crippen MR) is 179 cm³/mol. The molecule has 6 rings (SSSR count). The van der Waals surface area contributed by atoms with Crippen LogP contribution in [0, 0.1) is 5.82 Å². The first-order valence-electron chi connectivity index (χ1n) is 15.3. The van der Waals surface area contributed by atoms with Crippen LogP contribution in [0.15, 0.2) is 85.2 Å². The number of piperidine rings is 1. The highest BCUT2D eigenvalue weighted by molar-refractivity contribution is 6.42. The van der Waals surface area contributed by atoms with E-state index in [1.54, 1.807) is 42.5 Å². The molecular formula is C36H35Cl2FN4O3. The number of rotatable bonds is 8. The van der Waals surface area contributed by atoms with Crippen molar-refractivity contribution in [2.45, 2.75) is 37.3 Å². The number of aromatic nitrogens is 1. The molecule has 1 aromatic heterocycles. The van der Waals surface area contributed by atoms with Gasteiger partial charge in [-0.3, -0.25) is 14.7 Å². The number of carbonyl (C=O) groups excluding carboxylic acids is 2. The first kappa shape index (κ1) is 32.0. The van der Waals surface area contributed by atoms with Crippen LogP contribution in [0.3, 0.4) is 0 Å². The standard InChI is InChI=1S/C36H35Cl2FN4O3/c1-41(23-24-3-5-25(6-4-24)26-11-16-40-17-12-26)34(44)29(27-7-9-31(37)32(38)21-27)13-18-43-19-14-36(15-20-43)30-22-28(39)8-10-33(30)42(2)35(45)46-36/h3-12,16-17,21-22,29H,13-15,18-20,23H2,1-2H3. The third-order valence-corrected chi connectivity index (χ3v) is 9.91. The monoisotopic (exact) mass is 660 g/mol. The van der Waals surface area contributed by atoms with Crippen molar-refractivity contribution in [3.8, 4) is 11.1 Å². The Balaban J connectivity index is 1.15. The highest BCUT2D eigenvalue weighted by Gasteiger charge is 2.46. The van der Waals surface area contributed by atoms with E-state index < -0.39 is 17.6 Å². The van der Waals surface area contributed by atoms with E-state index in [2.05, 4.69) is 22.0 Å². The maximum absolute atomic E-state index is 14.3. The van der Waals surface area contributed by atoms with Crippen molar-refractivity contribution in [2.75, 3.05) is 38.6 Å². The summed E-state index contributed by atoms with van der Waals surface area (Å²) in [5.41, 5.74) is 4.50. The minimum atomic E-state index is -0.871. The number of anilines is 1.